The molecule has 106 valence electrons. The van der Waals surface area contributed by atoms with Crippen molar-refractivity contribution in [3.05, 3.63) is 41.3 Å². The molecule has 0 aliphatic rings. The van der Waals surface area contributed by atoms with Crippen LogP contribution in [0.2, 0.25) is 5.02 Å². The summed E-state index contributed by atoms with van der Waals surface area (Å²) in [5.41, 5.74) is 2.11. The summed E-state index contributed by atoms with van der Waals surface area (Å²) < 4.78 is 0. The van der Waals surface area contributed by atoms with Crippen LogP contribution < -0.4 is 5.32 Å². The molecule has 0 fully saturated rings. The molecule has 7 nitrogen and oxygen atoms in total. The third-order valence-corrected chi connectivity index (χ3v) is 3.10. The third kappa shape index (κ3) is 2.82. The average Bonchev–Trinajstić information content (AvgIpc) is 2.90. The van der Waals surface area contributed by atoms with E-state index in [1.165, 1.54) is 11.0 Å². The Morgan fingerprint density at radius 2 is 2.10 bits per heavy atom. The van der Waals surface area contributed by atoms with Gasteiger partial charge in [0.15, 0.2) is 0 Å². The molecule has 0 saturated heterocycles. The van der Waals surface area contributed by atoms with E-state index in [-0.39, 0.29) is 0 Å². The Kier molecular flexibility index (Phi) is 3.49. The van der Waals surface area contributed by atoms with E-state index in [2.05, 4.69) is 30.5 Å². The van der Waals surface area contributed by atoms with Crippen LogP contribution in [0.25, 0.3) is 11.4 Å². The molecule has 3 aromatic heterocycles. The summed E-state index contributed by atoms with van der Waals surface area (Å²) in [7, 11) is 1.73. The Hall–Kier alpha value is -2.54. The molecule has 0 aromatic carbocycles. The molecule has 0 aliphatic carbocycles. The van der Waals surface area contributed by atoms with Crippen LogP contribution in [0.3, 0.4) is 0 Å². The second-order valence-corrected chi connectivity index (χ2v) is 4.81. The van der Waals surface area contributed by atoms with Gasteiger partial charge in [0, 0.05) is 13.2 Å². The summed E-state index contributed by atoms with van der Waals surface area (Å²) in [6, 6.07) is 3.82. The van der Waals surface area contributed by atoms with Crippen molar-refractivity contribution in [2.75, 3.05) is 5.32 Å². The highest BCUT2D eigenvalue weighted by Crippen LogP contribution is 2.25. The van der Waals surface area contributed by atoms with Crippen molar-refractivity contribution >= 4 is 23.4 Å². The van der Waals surface area contributed by atoms with Crippen LogP contribution >= 0.6 is 11.6 Å². The van der Waals surface area contributed by atoms with Gasteiger partial charge in [-0.25, -0.2) is 15.0 Å². The van der Waals surface area contributed by atoms with Gasteiger partial charge in [-0.2, -0.15) is 15.0 Å². The van der Waals surface area contributed by atoms with Crippen molar-refractivity contribution in [1.29, 1.82) is 0 Å². The molecule has 0 radical (unpaired) electrons. The first kappa shape index (κ1) is 13.4. The molecule has 0 atom stereocenters. The molecule has 0 saturated carbocycles. The highest BCUT2D eigenvalue weighted by Gasteiger charge is 2.12. The molecule has 0 bridgehead atoms. The summed E-state index contributed by atoms with van der Waals surface area (Å²) in [6.45, 7) is 1.95. The van der Waals surface area contributed by atoms with E-state index in [4.69, 9.17) is 11.6 Å². The molecule has 1 N–H and O–H groups in total. The summed E-state index contributed by atoms with van der Waals surface area (Å²) in [5.74, 6) is 1.10. The molecule has 3 heterocycles. The SMILES string of the molecule is Cc1cccnc1Nc1ncc(Cl)c(-c2cnn(C)n2)n1. The van der Waals surface area contributed by atoms with Crippen molar-refractivity contribution in [3.63, 3.8) is 0 Å². The molecule has 0 amide bonds. The molecule has 0 unspecified atom stereocenters. The number of hydrogen-bond donors (Lipinski definition) is 1. The Balaban J connectivity index is 1.96. The normalized spacial score (nSPS) is 10.6. The maximum absolute atomic E-state index is 6.13. The van der Waals surface area contributed by atoms with Crippen LogP contribution in [-0.2, 0) is 7.05 Å². The molecular weight excluding hydrogens is 290 g/mol. The lowest BCUT2D eigenvalue weighted by atomic mass is 10.3. The summed E-state index contributed by atoms with van der Waals surface area (Å²) in [4.78, 5) is 14.2. The fraction of sp³-hybridized carbons (Fsp3) is 0.154. The Morgan fingerprint density at radius 3 is 2.81 bits per heavy atom. The van der Waals surface area contributed by atoms with Crippen LogP contribution in [0.15, 0.2) is 30.7 Å². The predicted molar refractivity (Wildman–Crippen MR) is 79.3 cm³/mol. The first-order valence-electron chi connectivity index (χ1n) is 6.21. The van der Waals surface area contributed by atoms with Gasteiger partial charge in [0.1, 0.15) is 17.2 Å². The van der Waals surface area contributed by atoms with Crippen molar-refractivity contribution in [2.45, 2.75) is 6.92 Å². The van der Waals surface area contributed by atoms with Crippen LogP contribution in [0, 0.1) is 6.92 Å². The summed E-state index contributed by atoms with van der Waals surface area (Å²) in [6.07, 6.45) is 4.83. The number of aromatic nitrogens is 6. The van der Waals surface area contributed by atoms with Gasteiger partial charge < -0.3 is 5.32 Å². The highest BCUT2D eigenvalue weighted by molar-refractivity contribution is 6.32. The standard InChI is InChI=1S/C13H12ClN7/c1-8-4-3-5-15-12(8)19-13-16-6-9(14)11(18-13)10-7-17-21(2)20-10/h3-7H,1-2H3,(H,15,16,18,19). The zero-order valence-electron chi connectivity index (χ0n) is 11.4. The Bertz CT molecular complexity index is 784. The minimum Gasteiger partial charge on any atom is -0.309 e. The molecule has 21 heavy (non-hydrogen) atoms. The zero-order chi connectivity index (χ0) is 14.8. The second kappa shape index (κ2) is 5.45. The maximum atomic E-state index is 6.13. The number of anilines is 2. The summed E-state index contributed by atoms with van der Waals surface area (Å²) in [5, 5.41) is 11.7. The van der Waals surface area contributed by atoms with Crippen LogP contribution in [0.5, 0.6) is 0 Å². The van der Waals surface area contributed by atoms with Crippen LogP contribution in [0.1, 0.15) is 5.56 Å². The third-order valence-electron chi connectivity index (χ3n) is 2.83. The number of halogens is 1. The topological polar surface area (TPSA) is 81.4 Å². The number of nitrogens with zero attached hydrogens (tertiary/aromatic N) is 6. The molecular formula is C13H12ClN7. The van der Waals surface area contributed by atoms with Gasteiger partial charge in [-0.3, -0.25) is 0 Å². The number of nitrogens with one attached hydrogen (secondary N) is 1. The van der Waals surface area contributed by atoms with Crippen LogP contribution in [0.4, 0.5) is 11.8 Å². The van der Waals surface area contributed by atoms with Crippen molar-refractivity contribution in [2.24, 2.45) is 7.05 Å². The van der Waals surface area contributed by atoms with E-state index in [1.54, 1.807) is 19.4 Å². The molecule has 8 heteroatoms. The number of hydrogen-bond acceptors (Lipinski definition) is 6. The summed E-state index contributed by atoms with van der Waals surface area (Å²) >= 11 is 6.13. The van der Waals surface area contributed by atoms with Gasteiger partial charge in [-0.1, -0.05) is 17.7 Å². The first-order valence-corrected chi connectivity index (χ1v) is 6.59. The number of rotatable bonds is 3. The van der Waals surface area contributed by atoms with E-state index in [0.717, 1.165) is 5.56 Å². The van der Waals surface area contributed by atoms with Crippen LogP contribution in [-0.4, -0.2) is 29.9 Å². The monoisotopic (exact) mass is 301 g/mol. The average molecular weight is 302 g/mol. The Labute approximate surface area is 126 Å². The quantitative estimate of drug-likeness (QED) is 0.800. The fourth-order valence-electron chi connectivity index (χ4n) is 1.78. The van der Waals surface area contributed by atoms with Gasteiger partial charge in [0.25, 0.3) is 0 Å². The number of aryl methyl sites for hydroxylation is 2. The van der Waals surface area contributed by atoms with E-state index in [0.29, 0.717) is 28.2 Å². The predicted octanol–water partition coefficient (Wildman–Crippen LogP) is 2.37. The highest BCUT2D eigenvalue weighted by atomic mass is 35.5. The lowest BCUT2D eigenvalue weighted by Crippen LogP contribution is -2.02. The van der Waals surface area contributed by atoms with E-state index < -0.39 is 0 Å². The van der Waals surface area contributed by atoms with Gasteiger partial charge in [0.05, 0.1) is 17.4 Å². The minimum atomic E-state index is 0.404. The lowest BCUT2D eigenvalue weighted by molar-refractivity contribution is 0.655. The van der Waals surface area contributed by atoms with Gasteiger partial charge >= 0.3 is 0 Å². The van der Waals surface area contributed by atoms with Gasteiger partial charge in [0.2, 0.25) is 5.95 Å². The Morgan fingerprint density at radius 1 is 1.24 bits per heavy atom. The van der Waals surface area contributed by atoms with Gasteiger partial charge in [-0.05, 0) is 18.6 Å². The van der Waals surface area contributed by atoms with E-state index >= 15 is 0 Å². The molecule has 0 spiro atoms. The molecule has 3 rings (SSSR count). The number of pyridine rings is 1. The molecule has 3 aromatic rings. The van der Waals surface area contributed by atoms with E-state index in [9.17, 15) is 0 Å². The smallest absolute Gasteiger partial charge is 0.229 e. The van der Waals surface area contributed by atoms with Gasteiger partial charge in [-0.15, -0.1) is 0 Å². The maximum Gasteiger partial charge on any atom is 0.229 e. The van der Waals surface area contributed by atoms with Crippen molar-refractivity contribution in [3.8, 4) is 11.4 Å². The van der Waals surface area contributed by atoms with Crippen molar-refractivity contribution in [1.82, 2.24) is 29.9 Å². The first-order chi connectivity index (χ1) is 10.1. The largest absolute Gasteiger partial charge is 0.309 e. The second-order valence-electron chi connectivity index (χ2n) is 4.40. The van der Waals surface area contributed by atoms with Crippen molar-refractivity contribution < 1.29 is 0 Å². The fourth-order valence-corrected chi connectivity index (χ4v) is 1.97. The molecule has 0 aliphatic heterocycles. The minimum absolute atomic E-state index is 0.404. The van der Waals surface area contributed by atoms with E-state index in [1.807, 2.05) is 19.1 Å². The lowest BCUT2D eigenvalue weighted by Gasteiger charge is -2.07. The zero-order valence-corrected chi connectivity index (χ0v) is 12.2.